The van der Waals surface area contributed by atoms with Gasteiger partial charge in [-0.15, -0.1) is 0 Å². The van der Waals surface area contributed by atoms with E-state index >= 15 is 0 Å². The van der Waals surface area contributed by atoms with Gasteiger partial charge in [0.05, 0.1) is 17.7 Å². The summed E-state index contributed by atoms with van der Waals surface area (Å²) in [6.07, 6.45) is 0.347. The predicted molar refractivity (Wildman–Crippen MR) is 64.0 cm³/mol. The summed E-state index contributed by atoms with van der Waals surface area (Å²) in [5.74, 6) is 0.327. The summed E-state index contributed by atoms with van der Waals surface area (Å²) in [5.41, 5.74) is 6.45. The molecule has 4 atom stereocenters. The van der Waals surface area contributed by atoms with Gasteiger partial charge in [-0.05, 0) is 43.0 Å². The lowest BCUT2D eigenvalue weighted by Gasteiger charge is -2.24. The third kappa shape index (κ3) is 0.990. The van der Waals surface area contributed by atoms with Crippen molar-refractivity contribution in [3.63, 3.8) is 0 Å². The van der Waals surface area contributed by atoms with Crippen LogP contribution >= 0.6 is 0 Å². The lowest BCUT2D eigenvalue weighted by Crippen LogP contribution is -2.28. The van der Waals surface area contributed by atoms with Crippen molar-refractivity contribution >= 4 is 5.71 Å². The van der Waals surface area contributed by atoms with Gasteiger partial charge in [-0.2, -0.15) is 0 Å². The molecule has 4 unspecified atom stereocenters. The Kier molecular flexibility index (Phi) is 1.65. The molecular formula is C14H15NO2. The molecule has 2 bridgehead atoms. The molecule has 3 heterocycles. The molecule has 0 saturated carbocycles. The molecule has 3 aliphatic heterocycles. The highest BCUT2D eigenvalue weighted by atomic mass is 16.7. The topological polar surface area (TPSA) is 30.8 Å². The molecule has 3 heteroatoms. The molecular weight excluding hydrogens is 214 g/mol. The van der Waals surface area contributed by atoms with Crippen molar-refractivity contribution in [2.75, 3.05) is 0 Å². The maximum Gasteiger partial charge on any atom is 0.168 e. The first-order chi connectivity index (χ1) is 8.18. The van der Waals surface area contributed by atoms with Crippen molar-refractivity contribution < 1.29 is 9.57 Å². The van der Waals surface area contributed by atoms with E-state index in [2.05, 4.69) is 31.1 Å². The second kappa shape index (κ2) is 2.91. The van der Waals surface area contributed by atoms with Crippen LogP contribution in [-0.4, -0.2) is 11.8 Å². The molecule has 0 spiro atoms. The van der Waals surface area contributed by atoms with Crippen molar-refractivity contribution in [3.05, 3.63) is 34.4 Å². The molecule has 1 aromatic rings. The molecule has 1 saturated heterocycles. The average molecular weight is 229 g/mol. The summed E-state index contributed by atoms with van der Waals surface area (Å²) in [4.78, 5) is 5.54. The van der Waals surface area contributed by atoms with Gasteiger partial charge in [0.15, 0.2) is 6.10 Å². The molecule has 3 aliphatic rings. The smallest absolute Gasteiger partial charge is 0.168 e. The summed E-state index contributed by atoms with van der Waals surface area (Å²) in [6, 6.07) is 4.37. The molecule has 4 rings (SSSR count). The van der Waals surface area contributed by atoms with E-state index in [4.69, 9.17) is 9.57 Å². The van der Waals surface area contributed by atoms with E-state index in [1.165, 1.54) is 22.3 Å². The van der Waals surface area contributed by atoms with Gasteiger partial charge in [-0.25, -0.2) is 0 Å². The van der Waals surface area contributed by atoms with Crippen LogP contribution in [-0.2, 0) is 9.57 Å². The minimum absolute atomic E-state index is 0.0844. The van der Waals surface area contributed by atoms with Crippen LogP contribution in [0.25, 0.3) is 0 Å². The zero-order valence-corrected chi connectivity index (χ0v) is 10.2. The van der Waals surface area contributed by atoms with Crippen LogP contribution in [0.5, 0.6) is 0 Å². The van der Waals surface area contributed by atoms with Gasteiger partial charge in [0.1, 0.15) is 6.10 Å². The monoisotopic (exact) mass is 229 g/mol. The van der Waals surface area contributed by atoms with E-state index in [9.17, 15) is 0 Å². The Morgan fingerprint density at radius 1 is 1.00 bits per heavy atom. The number of nitrogens with zero attached hydrogens (tertiary/aromatic N) is 1. The van der Waals surface area contributed by atoms with Gasteiger partial charge >= 0.3 is 0 Å². The number of hydrogen-bond acceptors (Lipinski definition) is 3. The molecule has 0 amide bonds. The Morgan fingerprint density at radius 3 is 2.35 bits per heavy atom. The van der Waals surface area contributed by atoms with E-state index in [1.54, 1.807) is 0 Å². The first-order valence-corrected chi connectivity index (χ1v) is 6.14. The molecule has 3 nitrogen and oxygen atoms in total. The van der Waals surface area contributed by atoms with Crippen molar-refractivity contribution in [2.24, 2.45) is 11.1 Å². The molecule has 88 valence electrons. The number of oxime groups is 1. The van der Waals surface area contributed by atoms with Crippen LogP contribution < -0.4 is 0 Å². The summed E-state index contributed by atoms with van der Waals surface area (Å²) in [5, 5.41) is 4.14. The van der Waals surface area contributed by atoms with Gasteiger partial charge in [-0.1, -0.05) is 17.3 Å². The van der Waals surface area contributed by atoms with Gasteiger partial charge in [0.25, 0.3) is 0 Å². The van der Waals surface area contributed by atoms with Gasteiger partial charge in [-0.3, -0.25) is 0 Å². The fourth-order valence-corrected chi connectivity index (χ4v) is 3.55. The summed E-state index contributed by atoms with van der Waals surface area (Å²) in [7, 11) is 0. The van der Waals surface area contributed by atoms with Crippen molar-refractivity contribution in [2.45, 2.75) is 39.1 Å². The highest BCUT2D eigenvalue weighted by Crippen LogP contribution is 2.58. The van der Waals surface area contributed by atoms with Gasteiger partial charge in [0.2, 0.25) is 0 Å². The molecule has 1 fully saturated rings. The number of hydrogen-bond donors (Lipinski definition) is 0. The lowest BCUT2D eigenvalue weighted by molar-refractivity contribution is -0.00606. The SMILES string of the molecule is CC1=NOC2C3OC(c4c(C)ccc(C)c43)C12. The van der Waals surface area contributed by atoms with Crippen LogP contribution in [0.15, 0.2) is 17.3 Å². The first-order valence-electron chi connectivity index (χ1n) is 6.14. The number of ether oxygens (including phenoxy) is 1. The maximum atomic E-state index is 6.14. The molecule has 17 heavy (non-hydrogen) atoms. The van der Waals surface area contributed by atoms with E-state index < -0.39 is 0 Å². The third-order valence-electron chi connectivity index (χ3n) is 4.36. The second-order valence-electron chi connectivity index (χ2n) is 5.33. The van der Waals surface area contributed by atoms with Crippen LogP contribution in [0.3, 0.4) is 0 Å². The van der Waals surface area contributed by atoms with Gasteiger partial charge in [0, 0.05) is 0 Å². The molecule has 0 aliphatic carbocycles. The lowest BCUT2D eigenvalue weighted by atomic mass is 9.77. The summed E-state index contributed by atoms with van der Waals surface area (Å²) < 4.78 is 6.14. The fourth-order valence-electron chi connectivity index (χ4n) is 3.55. The number of fused-ring (bicyclic) bond motifs is 8. The zero-order chi connectivity index (χ0) is 11.7. The zero-order valence-electron chi connectivity index (χ0n) is 10.2. The second-order valence-corrected chi connectivity index (χ2v) is 5.33. The average Bonchev–Trinajstić information content (AvgIpc) is 2.95. The Labute approximate surface area is 100 Å². The maximum absolute atomic E-state index is 6.14. The largest absolute Gasteiger partial charge is 0.389 e. The number of rotatable bonds is 0. The molecule has 0 aromatic heterocycles. The van der Waals surface area contributed by atoms with Crippen LogP contribution in [0.1, 0.15) is 41.4 Å². The summed E-state index contributed by atoms with van der Waals surface area (Å²) in [6.45, 7) is 6.36. The highest BCUT2D eigenvalue weighted by Gasteiger charge is 2.58. The minimum Gasteiger partial charge on any atom is -0.389 e. The standard InChI is InChI=1S/C14H15NO2/c1-6-4-5-7(2)10-9(6)12-11-8(3)15-17-14(11)13(10)16-12/h4-5,11-14H,1-3H3. The van der Waals surface area contributed by atoms with Crippen LogP contribution in [0.2, 0.25) is 0 Å². The number of aryl methyl sites for hydroxylation is 2. The van der Waals surface area contributed by atoms with Crippen molar-refractivity contribution in [3.8, 4) is 0 Å². The first kappa shape index (κ1) is 9.66. The Balaban J connectivity index is 1.94. The van der Waals surface area contributed by atoms with E-state index in [-0.39, 0.29) is 18.3 Å². The van der Waals surface area contributed by atoms with Crippen molar-refractivity contribution in [1.82, 2.24) is 0 Å². The van der Waals surface area contributed by atoms with E-state index in [1.807, 2.05) is 6.92 Å². The minimum atomic E-state index is 0.0844. The summed E-state index contributed by atoms with van der Waals surface area (Å²) >= 11 is 0. The Bertz CT molecular complexity index is 549. The predicted octanol–water partition coefficient (Wildman–Crippen LogP) is 2.82. The molecule has 1 aromatic carbocycles. The Morgan fingerprint density at radius 2 is 1.65 bits per heavy atom. The third-order valence-corrected chi connectivity index (χ3v) is 4.36. The van der Waals surface area contributed by atoms with Crippen molar-refractivity contribution in [1.29, 1.82) is 0 Å². The van der Waals surface area contributed by atoms with E-state index in [0.29, 0.717) is 5.92 Å². The normalized spacial score (nSPS) is 36.5. The van der Waals surface area contributed by atoms with Crippen LogP contribution in [0.4, 0.5) is 0 Å². The quantitative estimate of drug-likeness (QED) is 0.685. The fraction of sp³-hybridized carbons (Fsp3) is 0.500. The van der Waals surface area contributed by atoms with E-state index in [0.717, 1.165) is 5.71 Å². The van der Waals surface area contributed by atoms with Gasteiger partial charge < -0.3 is 9.57 Å². The molecule has 0 radical (unpaired) electrons. The Hall–Kier alpha value is -1.35. The highest BCUT2D eigenvalue weighted by molar-refractivity contribution is 5.87. The number of benzene rings is 1. The van der Waals surface area contributed by atoms with Crippen LogP contribution in [0, 0.1) is 19.8 Å². The molecule has 0 N–H and O–H groups in total.